The van der Waals surface area contributed by atoms with Gasteiger partial charge in [0.15, 0.2) is 9.84 Å². The molecule has 2 aromatic rings. The van der Waals surface area contributed by atoms with Gasteiger partial charge < -0.3 is 5.11 Å². The Kier molecular flexibility index (Phi) is 5.13. The molecule has 1 heterocycles. The standard InChI is InChI=1S/C20H22ClN3O4S/c1-20(26)13-4-5-14(20)11-15(10-13)29(27,28)17-9-12(3-6-16(17)21)18(25)24-19-22-7-2-8-23-19/h2-3,6-9,13-15,26H,4-5,10-11H2,1H3,(H,22,23,24,25)/t13-,14?,15-,20+/m1/s1. The molecular formula is C20H22ClN3O4S. The molecule has 0 radical (unpaired) electrons. The maximum absolute atomic E-state index is 13.3. The van der Waals surface area contributed by atoms with Gasteiger partial charge in [-0.2, -0.15) is 0 Å². The number of nitrogens with one attached hydrogen (secondary N) is 1. The van der Waals surface area contributed by atoms with Gasteiger partial charge in [0, 0.05) is 18.0 Å². The van der Waals surface area contributed by atoms with E-state index in [0.29, 0.717) is 12.8 Å². The van der Waals surface area contributed by atoms with Gasteiger partial charge in [0.2, 0.25) is 5.95 Å². The summed E-state index contributed by atoms with van der Waals surface area (Å²) in [6, 6.07) is 5.82. The van der Waals surface area contributed by atoms with E-state index in [2.05, 4.69) is 15.3 Å². The molecule has 29 heavy (non-hydrogen) atoms. The van der Waals surface area contributed by atoms with E-state index >= 15 is 0 Å². The number of rotatable bonds is 4. The van der Waals surface area contributed by atoms with Gasteiger partial charge in [-0.25, -0.2) is 18.4 Å². The fourth-order valence-electron chi connectivity index (χ4n) is 4.60. The lowest BCUT2D eigenvalue weighted by atomic mass is 9.76. The van der Waals surface area contributed by atoms with E-state index in [1.54, 1.807) is 6.07 Å². The van der Waals surface area contributed by atoms with Crippen LogP contribution >= 0.6 is 11.6 Å². The Morgan fingerprint density at radius 3 is 2.45 bits per heavy atom. The van der Waals surface area contributed by atoms with Crippen LogP contribution in [0, 0.1) is 11.8 Å². The molecule has 0 spiro atoms. The third-order valence-corrected chi connectivity index (χ3v) is 9.00. The van der Waals surface area contributed by atoms with Crippen LogP contribution in [0.3, 0.4) is 0 Å². The second-order valence-electron chi connectivity index (χ2n) is 8.01. The first-order chi connectivity index (χ1) is 13.7. The molecule has 2 N–H and O–H groups in total. The van der Waals surface area contributed by atoms with Crippen molar-refractivity contribution < 1.29 is 18.3 Å². The van der Waals surface area contributed by atoms with Gasteiger partial charge in [0.1, 0.15) is 0 Å². The zero-order chi connectivity index (χ0) is 20.8. The fraction of sp³-hybridized carbons (Fsp3) is 0.450. The molecule has 0 saturated heterocycles. The van der Waals surface area contributed by atoms with Crippen LogP contribution < -0.4 is 5.32 Å². The highest BCUT2D eigenvalue weighted by Gasteiger charge is 2.53. The minimum absolute atomic E-state index is 0.0403. The maximum Gasteiger partial charge on any atom is 0.258 e. The van der Waals surface area contributed by atoms with E-state index in [0.717, 1.165) is 12.8 Å². The van der Waals surface area contributed by atoms with E-state index < -0.39 is 26.6 Å². The highest BCUT2D eigenvalue weighted by Crippen LogP contribution is 2.51. The van der Waals surface area contributed by atoms with Crippen molar-refractivity contribution in [3.63, 3.8) is 0 Å². The van der Waals surface area contributed by atoms with Crippen LogP contribution in [0.2, 0.25) is 5.02 Å². The number of sulfone groups is 1. The summed E-state index contributed by atoms with van der Waals surface area (Å²) in [5.74, 6) is -0.470. The minimum Gasteiger partial charge on any atom is -0.390 e. The van der Waals surface area contributed by atoms with E-state index in [1.165, 1.54) is 30.6 Å². The average Bonchev–Trinajstić information content (AvgIpc) is 2.86. The smallest absolute Gasteiger partial charge is 0.258 e. The summed E-state index contributed by atoms with van der Waals surface area (Å²) in [6.07, 6.45) is 5.44. The average molecular weight is 436 g/mol. The molecule has 2 saturated carbocycles. The van der Waals surface area contributed by atoms with Crippen LogP contribution in [0.25, 0.3) is 0 Å². The van der Waals surface area contributed by atoms with Crippen LogP contribution in [-0.4, -0.2) is 40.3 Å². The summed E-state index contributed by atoms with van der Waals surface area (Å²) in [4.78, 5) is 20.3. The zero-order valence-electron chi connectivity index (χ0n) is 15.9. The normalized spacial score (nSPS) is 28.9. The van der Waals surface area contributed by atoms with Crippen molar-refractivity contribution in [1.82, 2.24) is 9.97 Å². The molecule has 1 unspecified atom stereocenters. The zero-order valence-corrected chi connectivity index (χ0v) is 17.4. The largest absolute Gasteiger partial charge is 0.390 e. The summed E-state index contributed by atoms with van der Waals surface area (Å²) in [7, 11) is -3.75. The van der Waals surface area contributed by atoms with Crippen molar-refractivity contribution in [2.45, 2.75) is 48.4 Å². The number of aromatic nitrogens is 2. The lowest BCUT2D eigenvalue weighted by Crippen LogP contribution is -2.45. The molecule has 0 aliphatic heterocycles. The van der Waals surface area contributed by atoms with E-state index in [9.17, 15) is 18.3 Å². The highest BCUT2D eigenvalue weighted by molar-refractivity contribution is 7.92. The fourth-order valence-corrected chi connectivity index (χ4v) is 7.00. The first-order valence-electron chi connectivity index (χ1n) is 9.54. The van der Waals surface area contributed by atoms with Crippen molar-refractivity contribution in [2.24, 2.45) is 11.8 Å². The Balaban J connectivity index is 1.61. The van der Waals surface area contributed by atoms with Gasteiger partial charge in [-0.05, 0) is 68.7 Å². The van der Waals surface area contributed by atoms with Gasteiger partial charge in [-0.3, -0.25) is 10.1 Å². The topological polar surface area (TPSA) is 109 Å². The molecule has 2 aliphatic rings. The third-order valence-electron chi connectivity index (χ3n) is 6.34. The summed E-state index contributed by atoms with van der Waals surface area (Å²) < 4.78 is 26.7. The van der Waals surface area contributed by atoms with Crippen LogP contribution in [0.1, 0.15) is 43.0 Å². The number of hydrogen-bond acceptors (Lipinski definition) is 6. The second kappa shape index (κ2) is 7.34. The number of anilines is 1. The van der Waals surface area contributed by atoms with Crippen molar-refractivity contribution in [1.29, 1.82) is 0 Å². The maximum atomic E-state index is 13.3. The molecule has 1 aromatic carbocycles. The van der Waals surface area contributed by atoms with Gasteiger partial charge in [-0.15, -0.1) is 0 Å². The van der Waals surface area contributed by atoms with E-state index in [-0.39, 0.29) is 33.3 Å². The number of hydrogen-bond donors (Lipinski definition) is 2. The number of amides is 1. The predicted molar refractivity (Wildman–Crippen MR) is 108 cm³/mol. The molecule has 7 nitrogen and oxygen atoms in total. The van der Waals surface area contributed by atoms with E-state index in [1.807, 2.05) is 6.92 Å². The number of aliphatic hydroxyl groups is 1. The lowest BCUT2D eigenvalue weighted by Gasteiger charge is -2.40. The first-order valence-corrected chi connectivity index (χ1v) is 11.5. The van der Waals surface area contributed by atoms with Crippen LogP contribution in [0.15, 0.2) is 41.6 Å². The van der Waals surface area contributed by atoms with Crippen LogP contribution in [0.5, 0.6) is 0 Å². The molecule has 4 rings (SSSR count). The molecule has 1 amide bonds. The Bertz CT molecular complexity index is 1030. The van der Waals surface area contributed by atoms with Crippen LogP contribution in [0.4, 0.5) is 5.95 Å². The SMILES string of the molecule is C[C@@]1(O)C2CC[C@@H]1C[C@@H](S(=O)(=O)c1cc(C(=O)Nc3ncccn3)ccc1Cl)C2. The predicted octanol–water partition coefficient (Wildman–Crippen LogP) is 3.10. The second-order valence-corrected chi connectivity index (χ2v) is 10.6. The Labute approximate surface area is 174 Å². The molecular weight excluding hydrogens is 414 g/mol. The van der Waals surface area contributed by atoms with E-state index in [4.69, 9.17) is 11.6 Å². The van der Waals surface area contributed by atoms with Gasteiger partial charge in [-0.1, -0.05) is 11.6 Å². The molecule has 154 valence electrons. The first kappa shape index (κ1) is 20.3. The number of benzene rings is 1. The third kappa shape index (κ3) is 3.65. The minimum atomic E-state index is -3.75. The molecule has 9 heteroatoms. The van der Waals surface area contributed by atoms with Crippen molar-refractivity contribution >= 4 is 33.3 Å². The summed E-state index contributed by atoms with van der Waals surface area (Å²) in [5.41, 5.74) is -0.654. The van der Waals surface area contributed by atoms with Crippen LogP contribution in [-0.2, 0) is 9.84 Å². The Morgan fingerprint density at radius 1 is 1.21 bits per heavy atom. The lowest BCUT2D eigenvalue weighted by molar-refractivity contribution is -0.0413. The summed E-state index contributed by atoms with van der Waals surface area (Å²) in [6.45, 7) is 1.81. The Hall–Kier alpha value is -2.03. The number of nitrogens with zero attached hydrogens (tertiary/aromatic N) is 2. The Morgan fingerprint density at radius 2 is 1.83 bits per heavy atom. The van der Waals surface area contributed by atoms with Crippen molar-refractivity contribution in [2.75, 3.05) is 5.32 Å². The number of carbonyl (C=O) groups is 1. The molecule has 1 aromatic heterocycles. The van der Waals surface area contributed by atoms with Gasteiger partial charge in [0.05, 0.1) is 20.8 Å². The molecule has 2 aliphatic carbocycles. The highest BCUT2D eigenvalue weighted by atomic mass is 35.5. The number of fused-ring (bicyclic) bond motifs is 2. The summed E-state index contributed by atoms with van der Waals surface area (Å²) in [5, 5.41) is 12.7. The number of halogens is 1. The molecule has 2 bridgehead atoms. The molecule has 4 atom stereocenters. The van der Waals surface area contributed by atoms with Crippen molar-refractivity contribution in [3.05, 3.63) is 47.2 Å². The quantitative estimate of drug-likeness (QED) is 0.763. The van der Waals surface area contributed by atoms with Crippen molar-refractivity contribution in [3.8, 4) is 0 Å². The number of carbonyl (C=O) groups excluding carboxylic acids is 1. The molecule has 2 fully saturated rings. The monoisotopic (exact) mass is 435 g/mol. The van der Waals surface area contributed by atoms with Gasteiger partial charge >= 0.3 is 0 Å². The summed E-state index contributed by atoms with van der Waals surface area (Å²) >= 11 is 6.22. The van der Waals surface area contributed by atoms with Gasteiger partial charge in [0.25, 0.3) is 5.91 Å².